The molecule has 3 rings (SSSR count). The number of hydrogen-bond donors (Lipinski definition) is 1. The minimum absolute atomic E-state index is 0.313. The molecule has 0 bridgehead atoms. The lowest BCUT2D eigenvalue weighted by Crippen LogP contribution is -2.44. The van der Waals surface area contributed by atoms with Gasteiger partial charge in [0, 0.05) is 45.4 Å². The summed E-state index contributed by atoms with van der Waals surface area (Å²) in [6, 6.07) is 4.15. The molecule has 5 nitrogen and oxygen atoms in total. The number of methoxy groups -OCH3 is 1. The topological polar surface area (TPSA) is 43.0 Å². The maximum absolute atomic E-state index is 5.59. The summed E-state index contributed by atoms with van der Waals surface area (Å²) in [5.41, 5.74) is 2.44. The van der Waals surface area contributed by atoms with Crippen LogP contribution in [0, 0.1) is 0 Å². The summed E-state index contributed by atoms with van der Waals surface area (Å²) in [5.74, 6) is 1.70. The fourth-order valence-corrected chi connectivity index (χ4v) is 2.82. The van der Waals surface area contributed by atoms with Gasteiger partial charge in [-0.15, -0.1) is 0 Å². The van der Waals surface area contributed by atoms with E-state index in [0.717, 1.165) is 56.2 Å². The molecule has 0 saturated carbocycles. The Morgan fingerprint density at radius 3 is 2.90 bits per heavy atom. The molecule has 0 spiro atoms. The SMILES string of the molecule is COCc1c(CCN2CCNCC2)ccc2c1OCO2. The molecule has 1 N–H and O–H groups in total. The second kappa shape index (κ2) is 6.43. The van der Waals surface area contributed by atoms with E-state index in [1.807, 2.05) is 6.07 Å². The lowest BCUT2D eigenvalue weighted by atomic mass is 10.0. The third-order valence-corrected chi connectivity index (χ3v) is 3.93. The number of fused-ring (bicyclic) bond motifs is 1. The molecule has 0 atom stereocenters. The first kappa shape index (κ1) is 13.7. The molecule has 0 amide bonds. The minimum atomic E-state index is 0.313. The Kier molecular flexibility index (Phi) is 4.40. The zero-order valence-electron chi connectivity index (χ0n) is 12.0. The van der Waals surface area contributed by atoms with Gasteiger partial charge in [0.05, 0.1) is 6.61 Å². The number of nitrogens with one attached hydrogen (secondary N) is 1. The molecule has 1 aromatic rings. The van der Waals surface area contributed by atoms with Gasteiger partial charge in [-0.05, 0) is 18.1 Å². The van der Waals surface area contributed by atoms with Crippen LogP contribution in [0.1, 0.15) is 11.1 Å². The van der Waals surface area contributed by atoms with Crippen LogP contribution >= 0.6 is 0 Å². The summed E-state index contributed by atoms with van der Waals surface area (Å²) >= 11 is 0. The first-order valence-corrected chi connectivity index (χ1v) is 7.21. The molecule has 110 valence electrons. The molecule has 0 aliphatic carbocycles. The highest BCUT2D eigenvalue weighted by Crippen LogP contribution is 2.38. The predicted molar refractivity (Wildman–Crippen MR) is 76.3 cm³/mol. The van der Waals surface area contributed by atoms with Gasteiger partial charge in [0.15, 0.2) is 11.5 Å². The first-order chi connectivity index (χ1) is 9.88. The van der Waals surface area contributed by atoms with Crippen LogP contribution in [0.4, 0.5) is 0 Å². The summed E-state index contributed by atoms with van der Waals surface area (Å²) in [5, 5.41) is 3.38. The lowest BCUT2D eigenvalue weighted by molar-refractivity contribution is 0.162. The smallest absolute Gasteiger partial charge is 0.231 e. The molecule has 1 saturated heterocycles. The van der Waals surface area contributed by atoms with Crippen molar-refractivity contribution in [1.82, 2.24) is 10.2 Å². The highest BCUT2D eigenvalue weighted by atomic mass is 16.7. The average molecular weight is 278 g/mol. The van der Waals surface area contributed by atoms with E-state index in [2.05, 4.69) is 16.3 Å². The summed E-state index contributed by atoms with van der Waals surface area (Å²) < 4.78 is 16.4. The Balaban J connectivity index is 1.71. The van der Waals surface area contributed by atoms with Gasteiger partial charge in [-0.3, -0.25) is 0 Å². The van der Waals surface area contributed by atoms with Gasteiger partial charge < -0.3 is 24.4 Å². The Hall–Kier alpha value is -1.30. The molecule has 2 aliphatic rings. The molecule has 0 unspecified atom stereocenters. The summed E-state index contributed by atoms with van der Waals surface area (Å²) in [4.78, 5) is 2.50. The molecule has 2 heterocycles. The van der Waals surface area contributed by atoms with Crippen LogP contribution in [0.3, 0.4) is 0 Å². The highest BCUT2D eigenvalue weighted by molar-refractivity contribution is 5.52. The van der Waals surface area contributed by atoms with E-state index in [-0.39, 0.29) is 0 Å². The van der Waals surface area contributed by atoms with E-state index in [1.165, 1.54) is 5.56 Å². The van der Waals surface area contributed by atoms with Crippen LogP contribution in [0.2, 0.25) is 0 Å². The van der Waals surface area contributed by atoms with Crippen molar-refractivity contribution < 1.29 is 14.2 Å². The van der Waals surface area contributed by atoms with Crippen LogP contribution in [-0.4, -0.2) is 51.5 Å². The van der Waals surface area contributed by atoms with Crippen molar-refractivity contribution in [3.63, 3.8) is 0 Å². The number of rotatable bonds is 5. The minimum Gasteiger partial charge on any atom is -0.454 e. The second-order valence-electron chi connectivity index (χ2n) is 5.21. The van der Waals surface area contributed by atoms with Crippen molar-refractivity contribution in [2.75, 3.05) is 46.6 Å². The van der Waals surface area contributed by atoms with Crippen molar-refractivity contribution in [3.8, 4) is 11.5 Å². The fraction of sp³-hybridized carbons (Fsp3) is 0.600. The van der Waals surface area contributed by atoms with Crippen LogP contribution in [0.25, 0.3) is 0 Å². The standard InChI is InChI=1S/C15H22N2O3/c1-18-10-13-12(2-3-14-15(13)20-11-19-14)4-7-17-8-5-16-6-9-17/h2-3,16H,4-11H2,1H3. The lowest BCUT2D eigenvalue weighted by Gasteiger charge is -2.27. The van der Waals surface area contributed by atoms with Gasteiger partial charge in [0.25, 0.3) is 0 Å². The van der Waals surface area contributed by atoms with E-state index in [4.69, 9.17) is 14.2 Å². The average Bonchev–Trinajstić information content (AvgIpc) is 2.96. The quantitative estimate of drug-likeness (QED) is 0.871. The van der Waals surface area contributed by atoms with E-state index >= 15 is 0 Å². The third-order valence-electron chi connectivity index (χ3n) is 3.93. The van der Waals surface area contributed by atoms with E-state index in [1.54, 1.807) is 7.11 Å². The molecule has 2 aliphatic heterocycles. The van der Waals surface area contributed by atoms with Crippen LogP contribution in [0.5, 0.6) is 11.5 Å². The normalized spacial score (nSPS) is 18.4. The summed E-state index contributed by atoms with van der Waals surface area (Å²) in [6.07, 6.45) is 1.02. The molecule has 0 aromatic heterocycles. The number of hydrogen-bond acceptors (Lipinski definition) is 5. The highest BCUT2D eigenvalue weighted by Gasteiger charge is 2.21. The maximum atomic E-state index is 5.59. The molecule has 1 fully saturated rings. The van der Waals surface area contributed by atoms with E-state index in [0.29, 0.717) is 13.4 Å². The van der Waals surface area contributed by atoms with Crippen molar-refractivity contribution in [2.45, 2.75) is 13.0 Å². The summed E-state index contributed by atoms with van der Waals surface area (Å²) in [6.45, 7) is 6.40. The Bertz CT molecular complexity index is 459. The van der Waals surface area contributed by atoms with Gasteiger partial charge >= 0.3 is 0 Å². The number of nitrogens with zero attached hydrogens (tertiary/aromatic N) is 1. The largest absolute Gasteiger partial charge is 0.454 e. The van der Waals surface area contributed by atoms with Crippen molar-refractivity contribution in [1.29, 1.82) is 0 Å². The Labute approximate surface area is 119 Å². The van der Waals surface area contributed by atoms with E-state index in [9.17, 15) is 0 Å². The predicted octanol–water partition coefficient (Wildman–Crippen LogP) is 1.01. The third kappa shape index (κ3) is 2.90. The van der Waals surface area contributed by atoms with Gasteiger partial charge in [0.1, 0.15) is 0 Å². The number of ether oxygens (including phenoxy) is 3. The first-order valence-electron chi connectivity index (χ1n) is 7.21. The molecular formula is C15H22N2O3. The molecule has 20 heavy (non-hydrogen) atoms. The van der Waals surface area contributed by atoms with Crippen molar-refractivity contribution in [3.05, 3.63) is 23.3 Å². The monoisotopic (exact) mass is 278 g/mol. The zero-order chi connectivity index (χ0) is 13.8. The second-order valence-corrected chi connectivity index (χ2v) is 5.21. The molecule has 5 heteroatoms. The molecule has 0 radical (unpaired) electrons. The maximum Gasteiger partial charge on any atom is 0.231 e. The van der Waals surface area contributed by atoms with Crippen molar-refractivity contribution >= 4 is 0 Å². The summed E-state index contributed by atoms with van der Waals surface area (Å²) in [7, 11) is 1.72. The van der Waals surface area contributed by atoms with E-state index < -0.39 is 0 Å². The van der Waals surface area contributed by atoms with Crippen LogP contribution < -0.4 is 14.8 Å². The number of piperazine rings is 1. The Morgan fingerprint density at radius 1 is 1.25 bits per heavy atom. The molecule has 1 aromatic carbocycles. The van der Waals surface area contributed by atoms with Crippen molar-refractivity contribution in [2.24, 2.45) is 0 Å². The van der Waals surface area contributed by atoms with Gasteiger partial charge in [-0.25, -0.2) is 0 Å². The number of benzene rings is 1. The van der Waals surface area contributed by atoms with Crippen LogP contribution in [-0.2, 0) is 17.8 Å². The van der Waals surface area contributed by atoms with Gasteiger partial charge in [-0.1, -0.05) is 6.07 Å². The Morgan fingerprint density at radius 2 is 2.10 bits per heavy atom. The zero-order valence-corrected chi connectivity index (χ0v) is 12.0. The van der Waals surface area contributed by atoms with Gasteiger partial charge in [-0.2, -0.15) is 0 Å². The van der Waals surface area contributed by atoms with Gasteiger partial charge in [0.2, 0.25) is 6.79 Å². The fourth-order valence-electron chi connectivity index (χ4n) is 2.82. The van der Waals surface area contributed by atoms with Crippen LogP contribution in [0.15, 0.2) is 12.1 Å². The molecular weight excluding hydrogens is 256 g/mol.